The summed E-state index contributed by atoms with van der Waals surface area (Å²) in [5.74, 6) is 1.83. The van der Waals surface area contributed by atoms with Gasteiger partial charge in [0.25, 0.3) is 0 Å². The Kier molecular flexibility index (Phi) is 7.60. The Morgan fingerprint density at radius 3 is 2.77 bits per heavy atom. The van der Waals surface area contributed by atoms with Gasteiger partial charge in [-0.15, -0.1) is 0 Å². The molecule has 10 heteroatoms. The van der Waals surface area contributed by atoms with Crippen LogP contribution in [-0.4, -0.2) is 75.4 Å². The number of nitrogens with zero attached hydrogens (tertiary/aromatic N) is 5. The van der Waals surface area contributed by atoms with E-state index < -0.39 is 6.09 Å². The number of anilines is 2. The highest BCUT2D eigenvalue weighted by atomic mass is 16.5. The Bertz CT molecular complexity index is 1170. The molecular formula is C25H35N7O3. The molecule has 0 spiro atoms. The van der Waals surface area contributed by atoms with E-state index in [1.807, 2.05) is 12.3 Å². The monoisotopic (exact) mass is 481 g/mol. The van der Waals surface area contributed by atoms with E-state index in [4.69, 9.17) is 15.6 Å². The van der Waals surface area contributed by atoms with Gasteiger partial charge in [-0.1, -0.05) is 31.9 Å². The van der Waals surface area contributed by atoms with Gasteiger partial charge in [-0.3, -0.25) is 4.90 Å². The summed E-state index contributed by atoms with van der Waals surface area (Å²) in [5, 5.41) is 12.6. The van der Waals surface area contributed by atoms with Gasteiger partial charge in [-0.2, -0.15) is 4.98 Å². The normalized spacial score (nSPS) is 14.1. The number of nitrogens with two attached hydrogens (primary N) is 1. The smallest absolute Gasteiger partial charge is 0.407 e. The topological polar surface area (TPSA) is 122 Å². The Balaban J connectivity index is 1.48. The number of aromatic nitrogens is 3. The van der Waals surface area contributed by atoms with Crippen molar-refractivity contribution in [3.05, 3.63) is 41.6 Å². The molecule has 188 valence electrons. The van der Waals surface area contributed by atoms with Crippen LogP contribution in [0.15, 0.2) is 30.5 Å². The second-order valence-electron chi connectivity index (χ2n) is 9.13. The van der Waals surface area contributed by atoms with Gasteiger partial charge < -0.3 is 30.4 Å². The molecule has 0 bridgehead atoms. The summed E-state index contributed by atoms with van der Waals surface area (Å²) in [6.07, 6.45) is 4.51. The first-order valence-electron chi connectivity index (χ1n) is 12.1. The number of amides is 1. The number of likely N-dealkylation sites (tertiary alicyclic amines) is 1. The molecule has 1 saturated heterocycles. The average molecular weight is 482 g/mol. The van der Waals surface area contributed by atoms with Crippen LogP contribution in [0.1, 0.15) is 37.3 Å². The summed E-state index contributed by atoms with van der Waals surface area (Å²) >= 11 is 0. The summed E-state index contributed by atoms with van der Waals surface area (Å²) in [6, 6.07) is 8.27. The number of nitrogen functional groups attached to an aromatic ring is 1. The third kappa shape index (κ3) is 5.59. The number of carbonyl (C=O) groups is 1. The van der Waals surface area contributed by atoms with Gasteiger partial charge in [-0.05, 0) is 24.1 Å². The molecule has 0 radical (unpaired) electrons. The molecule has 1 aliphatic heterocycles. The maximum absolute atomic E-state index is 11.1. The fourth-order valence-electron chi connectivity index (χ4n) is 4.49. The number of hydrogen-bond acceptors (Lipinski definition) is 7. The number of unbranched alkanes of at least 4 members (excludes halogenated alkanes) is 2. The molecule has 10 nitrogen and oxygen atoms in total. The lowest BCUT2D eigenvalue weighted by Crippen LogP contribution is -2.58. The molecule has 1 amide bonds. The summed E-state index contributed by atoms with van der Waals surface area (Å²) in [5.41, 5.74) is 9.87. The number of likely N-dealkylation sites (N-methyl/N-ethyl adjacent to an activating group) is 1. The molecule has 1 aromatic carbocycles. The van der Waals surface area contributed by atoms with E-state index in [0.29, 0.717) is 6.54 Å². The number of nitrogens with one attached hydrogen (secondary N) is 1. The molecule has 3 aromatic rings. The van der Waals surface area contributed by atoms with Crippen molar-refractivity contribution in [2.75, 3.05) is 44.8 Å². The van der Waals surface area contributed by atoms with E-state index in [0.717, 1.165) is 79.2 Å². The molecule has 4 rings (SSSR count). The average Bonchev–Trinajstić information content (AvgIpc) is 3.21. The van der Waals surface area contributed by atoms with Crippen LogP contribution in [0, 0.1) is 0 Å². The van der Waals surface area contributed by atoms with Crippen molar-refractivity contribution in [3.8, 4) is 5.75 Å². The van der Waals surface area contributed by atoms with Crippen LogP contribution >= 0.6 is 0 Å². The first kappa shape index (κ1) is 24.6. The highest BCUT2D eigenvalue weighted by Crippen LogP contribution is 2.28. The van der Waals surface area contributed by atoms with Gasteiger partial charge in [0, 0.05) is 45.0 Å². The number of fused-ring (bicyclic) bond motifs is 1. The molecule has 0 aliphatic carbocycles. The van der Waals surface area contributed by atoms with E-state index in [9.17, 15) is 4.79 Å². The van der Waals surface area contributed by atoms with Crippen LogP contribution in [-0.2, 0) is 13.1 Å². The Morgan fingerprint density at radius 2 is 2.06 bits per heavy atom. The Labute approximate surface area is 205 Å². The van der Waals surface area contributed by atoms with Gasteiger partial charge >= 0.3 is 6.09 Å². The number of carboxylic acid groups (broad SMARTS) is 1. The largest absolute Gasteiger partial charge is 0.496 e. The molecule has 1 aliphatic rings. The first-order valence-corrected chi connectivity index (χ1v) is 12.1. The number of hydrogen-bond donors (Lipinski definition) is 3. The van der Waals surface area contributed by atoms with Gasteiger partial charge in [0.05, 0.1) is 25.2 Å². The first-order chi connectivity index (χ1) is 16.9. The zero-order valence-corrected chi connectivity index (χ0v) is 20.7. The van der Waals surface area contributed by atoms with Crippen molar-refractivity contribution < 1.29 is 14.6 Å². The Hall–Kier alpha value is -3.53. The number of rotatable bonds is 11. The van der Waals surface area contributed by atoms with Crippen LogP contribution in [0.5, 0.6) is 5.75 Å². The van der Waals surface area contributed by atoms with Crippen molar-refractivity contribution in [1.29, 1.82) is 0 Å². The molecule has 0 unspecified atom stereocenters. The minimum absolute atomic E-state index is 0.0525. The maximum Gasteiger partial charge on any atom is 0.407 e. The maximum atomic E-state index is 11.1. The van der Waals surface area contributed by atoms with Crippen molar-refractivity contribution in [2.24, 2.45) is 0 Å². The van der Waals surface area contributed by atoms with Crippen LogP contribution in [0.2, 0.25) is 0 Å². The molecule has 0 atom stereocenters. The second kappa shape index (κ2) is 10.8. The van der Waals surface area contributed by atoms with Gasteiger partial charge in [0.15, 0.2) is 5.82 Å². The highest BCUT2D eigenvalue weighted by molar-refractivity contribution is 5.87. The van der Waals surface area contributed by atoms with Crippen molar-refractivity contribution in [1.82, 2.24) is 24.3 Å². The molecule has 2 aromatic heterocycles. The quantitative estimate of drug-likeness (QED) is 0.356. The lowest BCUT2D eigenvalue weighted by molar-refractivity contribution is 0.0443. The lowest BCUT2D eigenvalue weighted by Gasteiger charge is -2.43. The summed E-state index contributed by atoms with van der Waals surface area (Å²) in [4.78, 5) is 23.6. The highest BCUT2D eigenvalue weighted by Gasteiger charge is 2.32. The molecular weight excluding hydrogens is 446 g/mol. The van der Waals surface area contributed by atoms with Gasteiger partial charge in [-0.25, -0.2) is 9.78 Å². The molecule has 0 saturated carbocycles. The van der Waals surface area contributed by atoms with E-state index in [2.05, 4.69) is 49.9 Å². The van der Waals surface area contributed by atoms with Crippen LogP contribution < -0.4 is 15.8 Å². The number of methoxy groups -OCH3 is 1. The summed E-state index contributed by atoms with van der Waals surface area (Å²) in [6.45, 7) is 5.86. The van der Waals surface area contributed by atoms with E-state index in [1.165, 1.54) is 4.90 Å². The standard InChI is InChI=1S/C25H35N7O3/c1-4-5-6-10-27-23-22-20(28-24(26)29-23)9-11-32(22)14-18-8-7-17(12-21(18)35-3)13-31-15-19(16-31)30(2)25(33)34/h7-9,11-12,19H,4-6,10,13-16H2,1-3H3,(H,33,34)(H3,26,27,28,29). The predicted octanol–water partition coefficient (Wildman–Crippen LogP) is 3.47. The van der Waals surface area contributed by atoms with E-state index in [-0.39, 0.29) is 12.0 Å². The van der Waals surface area contributed by atoms with E-state index in [1.54, 1.807) is 14.2 Å². The Morgan fingerprint density at radius 1 is 1.26 bits per heavy atom. The van der Waals surface area contributed by atoms with E-state index >= 15 is 0 Å². The van der Waals surface area contributed by atoms with Crippen LogP contribution in [0.25, 0.3) is 11.0 Å². The zero-order valence-electron chi connectivity index (χ0n) is 20.7. The number of benzene rings is 1. The predicted molar refractivity (Wildman–Crippen MR) is 137 cm³/mol. The molecule has 35 heavy (non-hydrogen) atoms. The summed E-state index contributed by atoms with van der Waals surface area (Å²) < 4.78 is 7.85. The summed E-state index contributed by atoms with van der Waals surface area (Å²) in [7, 11) is 3.31. The van der Waals surface area contributed by atoms with Crippen LogP contribution in [0.3, 0.4) is 0 Å². The molecule has 4 N–H and O–H groups in total. The second-order valence-corrected chi connectivity index (χ2v) is 9.13. The fraction of sp³-hybridized carbons (Fsp3) is 0.480. The van der Waals surface area contributed by atoms with Crippen molar-refractivity contribution >= 4 is 28.9 Å². The zero-order chi connectivity index (χ0) is 24.9. The minimum Gasteiger partial charge on any atom is -0.496 e. The SMILES string of the molecule is CCCCCNc1nc(N)nc2ccn(Cc3ccc(CN4CC(N(C)C(=O)O)C4)cc3OC)c12. The number of ether oxygens (including phenoxy) is 1. The van der Waals surface area contributed by atoms with Crippen molar-refractivity contribution in [3.63, 3.8) is 0 Å². The van der Waals surface area contributed by atoms with Crippen LogP contribution in [0.4, 0.5) is 16.6 Å². The van der Waals surface area contributed by atoms with Gasteiger partial charge in [0.2, 0.25) is 5.95 Å². The molecule has 1 fully saturated rings. The molecule has 3 heterocycles. The lowest BCUT2D eigenvalue weighted by atomic mass is 10.0. The minimum atomic E-state index is -0.884. The fourth-order valence-corrected chi connectivity index (χ4v) is 4.49. The van der Waals surface area contributed by atoms with Gasteiger partial charge in [0.1, 0.15) is 11.3 Å². The van der Waals surface area contributed by atoms with Crippen molar-refractivity contribution in [2.45, 2.75) is 45.3 Å². The third-order valence-corrected chi connectivity index (χ3v) is 6.59. The third-order valence-electron chi connectivity index (χ3n) is 6.59.